The second-order valence-electron chi connectivity index (χ2n) is 15.9. The van der Waals surface area contributed by atoms with E-state index >= 15 is 0 Å². The van der Waals surface area contributed by atoms with Gasteiger partial charge in [0.25, 0.3) is 0 Å². The van der Waals surface area contributed by atoms with Gasteiger partial charge in [0, 0.05) is 51.2 Å². The number of nitrogens with one attached hydrogen (secondary N) is 9. The molecule has 0 aliphatic carbocycles. The Kier molecular flexibility index (Phi) is 17.1. The molecule has 6 rings (SSSR count). The first kappa shape index (κ1) is 49.4. The maximum atomic E-state index is 13.4. The van der Waals surface area contributed by atoms with E-state index in [0.29, 0.717) is 67.9 Å². The molecule has 0 fully saturated rings. The van der Waals surface area contributed by atoms with Gasteiger partial charge in [-0.25, -0.2) is 28.8 Å². The Labute approximate surface area is 398 Å². The number of carbonyl (C=O) groups excluding carboxylic acids is 6. The van der Waals surface area contributed by atoms with Gasteiger partial charge in [0.15, 0.2) is 0 Å². The van der Waals surface area contributed by atoms with Crippen molar-refractivity contribution in [2.45, 2.75) is 34.1 Å². The molecule has 69 heavy (non-hydrogen) atoms. The maximum absolute atomic E-state index is 13.4. The Bertz CT molecular complexity index is 2460. The van der Waals surface area contributed by atoms with Crippen molar-refractivity contribution in [1.82, 2.24) is 0 Å². The quantitative estimate of drug-likeness (QED) is 0.0419. The highest BCUT2D eigenvalue weighted by Crippen LogP contribution is 2.28. The highest BCUT2D eigenvalue weighted by molar-refractivity contribution is 6.02. The zero-order chi connectivity index (χ0) is 49.2. The summed E-state index contributed by atoms with van der Waals surface area (Å²) >= 11 is 0. The molecule has 0 aliphatic heterocycles. The number of benzene rings is 6. The van der Waals surface area contributed by atoms with Crippen molar-refractivity contribution in [3.05, 3.63) is 162 Å². The molecular weight excluding hydrogens is 883 g/mol. The molecular formula is C51H53N9O9. The summed E-state index contributed by atoms with van der Waals surface area (Å²) in [5.74, 6) is 0. The van der Waals surface area contributed by atoms with Crippen molar-refractivity contribution in [3.8, 4) is 0 Å². The minimum Gasteiger partial charge on any atom is -0.448 e. The lowest BCUT2D eigenvalue weighted by Crippen LogP contribution is -2.40. The van der Waals surface area contributed by atoms with E-state index in [-0.39, 0.29) is 26.2 Å². The number of urea groups is 3. The number of amides is 9. The number of anilines is 9. The molecule has 6 aromatic carbocycles. The summed E-state index contributed by atoms with van der Waals surface area (Å²) in [6.07, 6.45) is -2.42. The summed E-state index contributed by atoms with van der Waals surface area (Å²) < 4.78 is 17.2. The molecule has 0 bridgehead atoms. The fourth-order valence-corrected chi connectivity index (χ4v) is 6.47. The number of hydrogen-bond donors (Lipinski definition) is 9. The lowest BCUT2D eigenvalue weighted by atomic mass is 9.88. The van der Waals surface area contributed by atoms with Crippen LogP contribution in [-0.2, 0) is 14.2 Å². The normalized spacial score (nSPS) is 10.6. The summed E-state index contributed by atoms with van der Waals surface area (Å²) in [7, 11) is 0. The lowest BCUT2D eigenvalue weighted by molar-refractivity contribution is -0.0104. The predicted octanol–water partition coefficient (Wildman–Crippen LogP) is 12.0. The van der Waals surface area contributed by atoms with Crippen molar-refractivity contribution in [1.29, 1.82) is 0 Å². The number of para-hydroxylation sites is 3. The molecule has 18 nitrogen and oxygen atoms in total. The summed E-state index contributed by atoms with van der Waals surface area (Å²) in [5, 5.41) is 24.5. The first-order valence-corrected chi connectivity index (χ1v) is 21.8. The summed E-state index contributed by atoms with van der Waals surface area (Å²) in [5.41, 5.74) is 4.73. The van der Waals surface area contributed by atoms with Crippen molar-refractivity contribution < 1.29 is 43.0 Å². The van der Waals surface area contributed by atoms with Crippen LogP contribution in [-0.4, -0.2) is 56.2 Å². The average molecular weight is 936 g/mol. The summed E-state index contributed by atoms with van der Waals surface area (Å²) in [6.45, 7) is 5.90. The molecule has 0 atom stereocenters. The van der Waals surface area contributed by atoms with Gasteiger partial charge in [0.05, 0.1) is 5.41 Å². The largest absolute Gasteiger partial charge is 0.448 e. The Morgan fingerprint density at radius 2 is 0.623 bits per heavy atom. The van der Waals surface area contributed by atoms with E-state index in [0.717, 1.165) is 0 Å². The Balaban J connectivity index is 1.12. The van der Waals surface area contributed by atoms with Gasteiger partial charge in [-0.05, 0) is 117 Å². The highest BCUT2D eigenvalue weighted by Gasteiger charge is 2.35. The molecule has 0 heterocycles. The van der Waals surface area contributed by atoms with Gasteiger partial charge >= 0.3 is 36.4 Å². The first-order chi connectivity index (χ1) is 33.2. The monoisotopic (exact) mass is 935 g/mol. The molecule has 9 N–H and O–H groups in total. The second-order valence-corrected chi connectivity index (χ2v) is 15.9. The van der Waals surface area contributed by atoms with Gasteiger partial charge in [0.1, 0.15) is 19.8 Å². The molecule has 0 saturated heterocycles. The number of carbonyl (C=O) groups is 6. The Morgan fingerprint density at radius 3 is 0.884 bits per heavy atom. The van der Waals surface area contributed by atoms with Gasteiger partial charge in [-0.3, -0.25) is 16.0 Å². The lowest BCUT2D eigenvalue weighted by Gasteiger charge is -2.31. The van der Waals surface area contributed by atoms with Crippen molar-refractivity contribution in [2.75, 3.05) is 67.7 Å². The van der Waals surface area contributed by atoms with Crippen molar-refractivity contribution in [3.63, 3.8) is 0 Å². The van der Waals surface area contributed by atoms with Crippen LogP contribution in [0.4, 0.5) is 80.0 Å². The molecule has 0 spiro atoms. The van der Waals surface area contributed by atoms with Gasteiger partial charge in [-0.15, -0.1) is 0 Å². The number of aryl methyl sites for hydroxylation is 3. The van der Waals surface area contributed by atoms with Crippen LogP contribution < -0.4 is 47.9 Å². The smallest absolute Gasteiger partial charge is 0.411 e. The Morgan fingerprint density at radius 1 is 0.362 bits per heavy atom. The number of rotatable bonds is 16. The predicted molar refractivity (Wildman–Crippen MR) is 268 cm³/mol. The second kappa shape index (κ2) is 23.9. The molecule has 18 heteroatoms. The van der Waals surface area contributed by atoms with Crippen LogP contribution in [0.15, 0.2) is 146 Å². The van der Waals surface area contributed by atoms with E-state index in [2.05, 4.69) is 47.9 Å². The van der Waals surface area contributed by atoms with Crippen LogP contribution in [0, 0.1) is 26.2 Å². The van der Waals surface area contributed by atoms with Gasteiger partial charge in [-0.1, -0.05) is 79.7 Å². The van der Waals surface area contributed by atoms with E-state index < -0.39 is 41.8 Å². The zero-order valence-electron chi connectivity index (χ0n) is 38.4. The SMILES string of the molecule is CCC(COC(=O)Nc1cc(NC(=O)Nc2ccccc2)ccc1C)(COC(=O)Nc1cc(NC(=O)Nc2ccccc2)ccc1C)COC(=O)Nc1cc(NC(=O)Nc2ccccc2)ccc1C. The van der Waals surface area contributed by atoms with Crippen LogP contribution in [0.3, 0.4) is 0 Å². The first-order valence-electron chi connectivity index (χ1n) is 21.8. The van der Waals surface area contributed by atoms with Gasteiger partial charge in [-0.2, -0.15) is 0 Å². The van der Waals surface area contributed by atoms with E-state index in [1.807, 2.05) is 18.2 Å². The van der Waals surface area contributed by atoms with Gasteiger partial charge < -0.3 is 46.1 Å². The third-order valence-electron chi connectivity index (χ3n) is 10.6. The number of ether oxygens (including phenoxy) is 3. The molecule has 0 saturated carbocycles. The van der Waals surface area contributed by atoms with Crippen LogP contribution in [0.5, 0.6) is 0 Å². The molecule has 0 radical (unpaired) electrons. The molecule has 0 aliphatic rings. The standard InChI is InChI=1S/C51H53N9O9/c1-5-51(30-67-48(64)58-42-27-39(24-21-33(42)2)55-45(61)52-36-15-9-6-10-16-36,31-68-49(65)59-43-28-40(25-22-34(43)3)56-46(62)53-37-17-11-7-12-18-37)32-69-50(66)60-44-29-41(26-23-35(44)4)57-47(63)54-38-19-13-8-14-20-38/h6-29H,5,30-32H2,1-4H3,(H,58,64)(H,59,65)(H,60,66)(H2,52,55,61)(H2,53,56,62)(H2,54,57,63). The van der Waals surface area contributed by atoms with E-state index in [9.17, 15) is 28.8 Å². The third-order valence-corrected chi connectivity index (χ3v) is 10.6. The van der Waals surface area contributed by atoms with Crippen LogP contribution in [0.2, 0.25) is 0 Å². The highest BCUT2D eigenvalue weighted by atomic mass is 16.6. The topological polar surface area (TPSA) is 238 Å². The van der Waals surface area contributed by atoms with Crippen molar-refractivity contribution in [2.24, 2.45) is 5.41 Å². The van der Waals surface area contributed by atoms with Crippen LogP contribution in [0.1, 0.15) is 30.0 Å². The summed E-state index contributed by atoms with van der Waals surface area (Å²) in [4.78, 5) is 78.3. The minimum absolute atomic E-state index is 0.194. The van der Waals surface area contributed by atoms with Crippen LogP contribution in [0.25, 0.3) is 0 Å². The molecule has 0 unspecified atom stereocenters. The minimum atomic E-state index is -1.28. The molecule has 9 amide bonds. The molecule has 0 aromatic heterocycles. The number of hydrogen-bond acceptors (Lipinski definition) is 9. The molecule has 356 valence electrons. The Hall–Kier alpha value is -9.06. The fraction of sp³-hybridized carbons (Fsp3) is 0.176. The van der Waals surface area contributed by atoms with Crippen LogP contribution >= 0.6 is 0 Å². The molecule has 6 aromatic rings. The average Bonchev–Trinajstić information content (AvgIpc) is 3.33. The third kappa shape index (κ3) is 15.5. The fourth-order valence-electron chi connectivity index (χ4n) is 6.47. The zero-order valence-corrected chi connectivity index (χ0v) is 38.4. The van der Waals surface area contributed by atoms with Gasteiger partial charge in [0.2, 0.25) is 0 Å². The van der Waals surface area contributed by atoms with E-state index in [4.69, 9.17) is 14.2 Å². The van der Waals surface area contributed by atoms with Crippen molar-refractivity contribution >= 4 is 87.6 Å². The summed E-state index contributed by atoms with van der Waals surface area (Å²) in [6, 6.07) is 40.1. The van der Waals surface area contributed by atoms with E-state index in [1.54, 1.807) is 155 Å². The van der Waals surface area contributed by atoms with E-state index in [1.165, 1.54) is 0 Å². The maximum Gasteiger partial charge on any atom is 0.411 e.